The van der Waals surface area contributed by atoms with Crippen LogP contribution in [0.3, 0.4) is 0 Å². The number of rotatable bonds is 5. The van der Waals surface area contributed by atoms with Gasteiger partial charge in [0.05, 0.1) is 36.7 Å². The van der Waals surface area contributed by atoms with E-state index in [1.807, 2.05) is 29.0 Å². The second kappa shape index (κ2) is 9.39. The number of nitrogens with one attached hydrogen (secondary N) is 1. The normalized spacial score (nSPS) is 19.2. The van der Waals surface area contributed by atoms with Crippen LogP contribution in [0.2, 0.25) is 0 Å². The van der Waals surface area contributed by atoms with Gasteiger partial charge in [0.2, 0.25) is 5.91 Å². The van der Waals surface area contributed by atoms with E-state index in [2.05, 4.69) is 33.1 Å². The molecular weight excluding hydrogens is 418 g/mol. The van der Waals surface area contributed by atoms with E-state index < -0.39 is 0 Å². The zero-order chi connectivity index (χ0) is 22.8. The summed E-state index contributed by atoms with van der Waals surface area (Å²) < 4.78 is 7.50. The second-order valence-corrected chi connectivity index (χ2v) is 8.98. The number of nitrogens with zero attached hydrogens (tertiary/aromatic N) is 4. The number of morpholine rings is 1. The molecule has 8 nitrogen and oxygen atoms in total. The van der Waals surface area contributed by atoms with E-state index in [0.717, 1.165) is 25.0 Å². The number of piperidine rings is 1. The average molecular weight is 450 g/mol. The first kappa shape index (κ1) is 21.7. The molecule has 2 saturated heterocycles. The lowest BCUT2D eigenvalue weighted by molar-refractivity contribution is -0.135. The van der Waals surface area contributed by atoms with Gasteiger partial charge in [0, 0.05) is 50.2 Å². The highest BCUT2D eigenvalue weighted by Gasteiger charge is 2.33. The number of H-pyrrole nitrogens is 1. The van der Waals surface area contributed by atoms with Crippen molar-refractivity contribution in [3.63, 3.8) is 0 Å². The van der Waals surface area contributed by atoms with Crippen LogP contribution < -0.4 is 0 Å². The number of aromatic amines is 1. The van der Waals surface area contributed by atoms with Crippen molar-refractivity contribution in [2.24, 2.45) is 7.05 Å². The summed E-state index contributed by atoms with van der Waals surface area (Å²) in [5.41, 5.74) is 3.72. The summed E-state index contributed by atoms with van der Waals surface area (Å²) in [6.07, 6.45) is 7.74. The number of benzene rings is 1. The molecule has 0 aliphatic carbocycles. The molecule has 2 aromatic heterocycles. The minimum atomic E-state index is -0.138. The van der Waals surface area contributed by atoms with Gasteiger partial charge in [-0.1, -0.05) is 18.2 Å². The Bertz CT molecular complexity index is 1140. The summed E-state index contributed by atoms with van der Waals surface area (Å²) in [7, 11) is 2.04. The van der Waals surface area contributed by atoms with Gasteiger partial charge in [0.1, 0.15) is 0 Å². The van der Waals surface area contributed by atoms with E-state index in [-0.39, 0.29) is 17.9 Å². The molecule has 1 unspecified atom stereocenters. The Hall–Kier alpha value is -3.13. The van der Waals surface area contributed by atoms with Crippen LogP contribution in [-0.4, -0.2) is 69.2 Å². The Morgan fingerprint density at radius 3 is 2.82 bits per heavy atom. The van der Waals surface area contributed by atoms with Crippen LogP contribution in [0.5, 0.6) is 0 Å². The van der Waals surface area contributed by atoms with Crippen LogP contribution >= 0.6 is 0 Å². The molecule has 4 heterocycles. The number of hydrogen-bond acceptors (Lipinski definition) is 4. The Labute approximate surface area is 193 Å². The summed E-state index contributed by atoms with van der Waals surface area (Å²) in [6, 6.07) is 8.16. The molecule has 2 aliphatic heterocycles. The molecule has 0 radical (unpaired) electrons. The summed E-state index contributed by atoms with van der Waals surface area (Å²) in [5, 5.41) is 8.45. The SMILES string of the molecule is Cn1cc(CCC(=O)N2CCCCC2c2[nH]ncc2C(=O)N2CCOCC2)c2ccccc21. The number of amides is 2. The number of aryl methyl sites for hydroxylation is 2. The lowest BCUT2D eigenvalue weighted by atomic mass is 9.95. The van der Waals surface area contributed by atoms with Gasteiger partial charge in [-0.05, 0) is 37.3 Å². The quantitative estimate of drug-likeness (QED) is 0.649. The van der Waals surface area contributed by atoms with E-state index in [9.17, 15) is 9.59 Å². The van der Waals surface area contributed by atoms with Crippen molar-refractivity contribution in [2.45, 2.75) is 38.1 Å². The molecule has 1 atom stereocenters. The van der Waals surface area contributed by atoms with E-state index in [1.54, 1.807) is 6.20 Å². The Morgan fingerprint density at radius 1 is 1.15 bits per heavy atom. The Kier molecular flexibility index (Phi) is 6.17. The van der Waals surface area contributed by atoms with Gasteiger partial charge in [-0.3, -0.25) is 14.7 Å². The predicted molar refractivity (Wildman–Crippen MR) is 125 cm³/mol. The van der Waals surface area contributed by atoms with E-state index in [4.69, 9.17) is 4.74 Å². The first-order valence-electron chi connectivity index (χ1n) is 11.9. The topological polar surface area (TPSA) is 83.5 Å². The van der Waals surface area contributed by atoms with E-state index >= 15 is 0 Å². The van der Waals surface area contributed by atoms with E-state index in [0.29, 0.717) is 51.3 Å². The van der Waals surface area contributed by atoms with Crippen molar-refractivity contribution in [1.29, 1.82) is 0 Å². The van der Waals surface area contributed by atoms with Gasteiger partial charge < -0.3 is 19.1 Å². The van der Waals surface area contributed by atoms with Crippen LogP contribution in [0.4, 0.5) is 0 Å². The molecule has 1 N–H and O–H groups in total. The number of likely N-dealkylation sites (tertiary alicyclic amines) is 1. The fourth-order valence-electron chi connectivity index (χ4n) is 5.20. The van der Waals surface area contributed by atoms with Gasteiger partial charge in [0.25, 0.3) is 5.91 Å². The number of fused-ring (bicyclic) bond motifs is 1. The number of carbonyl (C=O) groups is 2. The summed E-state index contributed by atoms with van der Waals surface area (Å²) in [5.74, 6) is 0.0998. The van der Waals surface area contributed by atoms with Crippen molar-refractivity contribution in [3.05, 3.63) is 53.5 Å². The van der Waals surface area contributed by atoms with Gasteiger partial charge in [-0.15, -0.1) is 0 Å². The molecular formula is C25H31N5O3. The number of para-hydroxylation sites is 1. The third-order valence-electron chi connectivity index (χ3n) is 6.94. The lowest BCUT2D eigenvalue weighted by Crippen LogP contribution is -2.42. The third-order valence-corrected chi connectivity index (χ3v) is 6.94. The predicted octanol–water partition coefficient (Wildman–Crippen LogP) is 3.06. The monoisotopic (exact) mass is 449 g/mol. The second-order valence-electron chi connectivity index (χ2n) is 8.98. The van der Waals surface area contributed by atoms with E-state index in [1.165, 1.54) is 16.5 Å². The Balaban J connectivity index is 1.32. The number of aromatic nitrogens is 3. The third kappa shape index (κ3) is 4.27. The molecule has 3 aromatic rings. The maximum atomic E-state index is 13.4. The van der Waals surface area contributed by atoms with Gasteiger partial charge in [-0.25, -0.2) is 0 Å². The molecule has 0 saturated carbocycles. The van der Waals surface area contributed by atoms with Crippen LogP contribution in [0.25, 0.3) is 10.9 Å². The highest BCUT2D eigenvalue weighted by molar-refractivity contribution is 5.95. The fourth-order valence-corrected chi connectivity index (χ4v) is 5.20. The largest absolute Gasteiger partial charge is 0.378 e. The smallest absolute Gasteiger partial charge is 0.257 e. The highest BCUT2D eigenvalue weighted by atomic mass is 16.5. The maximum Gasteiger partial charge on any atom is 0.257 e. The fraction of sp³-hybridized carbons (Fsp3) is 0.480. The number of ether oxygens (including phenoxy) is 1. The molecule has 2 fully saturated rings. The molecule has 2 amide bonds. The minimum absolute atomic E-state index is 0.0317. The standard InChI is InChI=1S/C25H31N5O3/c1-28-17-18(19-6-2-3-7-21(19)28)9-10-23(31)30-11-5-4-8-22(30)24-20(16-26-27-24)25(32)29-12-14-33-15-13-29/h2-3,6-7,16-17,22H,4-5,8-15H2,1H3,(H,26,27). The number of hydrogen-bond donors (Lipinski definition) is 1. The lowest BCUT2D eigenvalue weighted by Gasteiger charge is -2.36. The van der Waals surface area contributed by atoms with Gasteiger partial charge >= 0.3 is 0 Å². The van der Waals surface area contributed by atoms with Crippen LogP contribution in [-0.2, 0) is 23.0 Å². The summed E-state index contributed by atoms with van der Waals surface area (Å²) in [4.78, 5) is 30.3. The van der Waals surface area contributed by atoms with Crippen LogP contribution in [0.15, 0.2) is 36.7 Å². The molecule has 0 bridgehead atoms. The maximum absolute atomic E-state index is 13.4. The van der Waals surface area contributed by atoms with Crippen molar-refractivity contribution in [3.8, 4) is 0 Å². The van der Waals surface area contributed by atoms with Crippen molar-refractivity contribution in [1.82, 2.24) is 24.6 Å². The van der Waals surface area contributed by atoms with Crippen molar-refractivity contribution in [2.75, 3.05) is 32.8 Å². The molecule has 5 rings (SSSR count). The number of carbonyl (C=O) groups excluding carboxylic acids is 2. The highest BCUT2D eigenvalue weighted by Crippen LogP contribution is 2.33. The first-order chi connectivity index (χ1) is 16.1. The van der Waals surface area contributed by atoms with Crippen LogP contribution in [0.1, 0.15) is 53.3 Å². The van der Waals surface area contributed by atoms with Crippen LogP contribution in [0, 0.1) is 0 Å². The molecule has 1 aromatic carbocycles. The molecule has 8 heteroatoms. The first-order valence-corrected chi connectivity index (χ1v) is 11.9. The summed E-state index contributed by atoms with van der Waals surface area (Å²) in [6.45, 7) is 3.00. The summed E-state index contributed by atoms with van der Waals surface area (Å²) >= 11 is 0. The zero-order valence-corrected chi connectivity index (χ0v) is 19.1. The minimum Gasteiger partial charge on any atom is -0.378 e. The van der Waals surface area contributed by atoms with Gasteiger partial charge in [0.15, 0.2) is 0 Å². The zero-order valence-electron chi connectivity index (χ0n) is 19.1. The average Bonchev–Trinajstić information content (AvgIpc) is 3.48. The Morgan fingerprint density at radius 2 is 1.97 bits per heavy atom. The molecule has 33 heavy (non-hydrogen) atoms. The molecule has 0 spiro atoms. The van der Waals surface area contributed by atoms with Crippen molar-refractivity contribution < 1.29 is 14.3 Å². The molecule has 174 valence electrons. The molecule has 2 aliphatic rings. The van der Waals surface area contributed by atoms with Gasteiger partial charge in [-0.2, -0.15) is 5.10 Å². The van der Waals surface area contributed by atoms with Crippen molar-refractivity contribution >= 4 is 22.7 Å².